The second kappa shape index (κ2) is 5.30. The number of aromatic nitrogens is 2. The molecule has 1 aliphatic heterocycles. The van der Waals surface area contributed by atoms with Gasteiger partial charge < -0.3 is 14.6 Å². The van der Waals surface area contributed by atoms with Gasteiger partial charge in [-0.15, -0.1) is 0 Å². The van der Waals surface area contributed by atoms with Crippen LogP contribution in [0, 0.1) is 5.82 Å². The zero-order valence-corrected chi connectivity index (χ0v) is 11.2. The van der Waals surface area contributed by atoms with Crippen LogP contribution in [0.15, 0.2) is 28.8 Å². The first-order valence-electron chi connectivity index (χ1n) is 6.54. The van der Waals surface area contributed by atoms with E-state index in [0.717, 1.165) is 18.7 Å². The van der Waals surface area contributed by atoms with Crippen molar-refractivity contribution in [2.45, 2.75) is 25.6 Å². The van der Waals surface area contributed by atoms with Gasteiger partial charge in [0.15, 0.2) is 5.82 Å². The van der Waals surface area contributed by atoms with Gasteiger partial charge in [-0.25, -0.2) is 4.39 Å². The quantitative estimate of drug-likeness (QED) is 0.901. The molecule has 1 saturated heterocycles. The van der Waals surface area contributed by atoms with Crippen molar-refractivity contribution in [2.75, 3.05) is 13.1 Å². The van der Waals surface area contributed by atoms with Crippen LogP contribution in [0.25, 0.3) is 0 Å². The van der Waals surface area contributed by atoms with Gasteiger partial charge in [-0.05, 0) is 24.6 Å². The van der Waals surface area contributed by atoms with Gasteiger partial charge in [-0.1, -0.05) is 17.3 Å². The minimum absolute atomic E-state index is 0.133. The molecule has 3 rings (SSSR count). The summed E-state index contributed by atoms with van der Waals surface area (Å²) in [4.78, 5) is 4.27. The third-order valence-electron chi connectivity index (χ3n) is 3.33. The highest BCUT2D eigenvalue weighted by Gasteiger charge is 2.32. The molecule has 0 aliphatic carbocycles. The molecule has 5 nitrogen and oxygen atoms in total. The number of hydrogen-bond donors (Lipinski definition) is 1. The van der Waals surface area contributed by atoms with E-state index in [9.17, 15) is 4.39 Å². The second-order valence-corrected chi connectivity index (χ2v) is 5.25. The summed E-state index contributed by atoms with van der Waals surface area (Å²) >= 11 is 0. The standard InChI is InChI=1S/C14H16FN3O2/c1-14(8-16-9-14)19-7-13-17-12(18-20-13)6-10-2-4-11(15)5-3-10/h2-5,16H,6-9H2,1H3. The lowest BCUT2D eigenvalue weighted by Gasteiger charge is -2.38. The third-order valence-corrected chi connectivity index (χ3v) is 3.33. The van der Waals surface area contributed by atoms with Gasteiger partial charge in [0.1, 0.15) is 12.4 Å². The fourth-order valence-corrected chi connectivity index (χ4v) is 2.02. The molecule has 1 N–H and O–H groups in total. The van der Waals surface area contributed by atoms with Gasteiger partial charge in [0, 0.05) is 19.5 Å². The van der Waals surface area contributed by atoms with E-state index in [1.54, 1.807) is 12.1 Å². The average Bonchev–Trinajstić information content (AvgIpc) is 2.85. The zero-order chi connectivity index (χ0) is 14.0. The van der Waals surface area contributed by atoms with Gasteiger partial charge in [0.2, 0.25) is 0 Å². The maximum Gasteiger partial charge on any atom is 0.252 e. The predicted molar refractivity (Wildman–Crippen MR) is 69.6 cm³/mol. The fraction of sp³-hybridized carbons (Fsp3) is 0.429. The summed E-state index contributed by atoms with van der Waals surface area (Å²) < 4.78 is 23.7. The highest BCUT2D eigenvalue weighted by atomic mass is 19.1. The summed E-state index contributed by atoms with van der Waals surface area (Å²) in [5, 5.41) is 7.06. The molecule has 0 bridgehead atoms. The number of nitrogens with one attached hydrogen (secondary N) is 1. The lowest BCUT2D eigenvalue weighted by atomic mass is 10.0. The van der Waals surface area contributed by atoms with E-state index >= 15 is 0 Å². The Kier molecular flexibility index (Phi) is 3.50. The fourth-order valence-electron chi connectivity index (χ4n) is 2.02. The van der Waals surface area contributed by atoms with Crippen molar-refractivity contribution in [2.24, 2.45) is 0 Å². The van der Waals surface area contributed by atoms with Gasteiger partial charge >= 0.3 is 0 Å². The van der Waals surface area contributed by atoms with Crippen LogP contribution < -0.4 is 5.32 Å². The molecule has 0 unspecified atom stereocenters. The van der Waals surface area contributed by atoms with Crippen molar-refractivity contribution in [3.8, 4) is 0 Å². The van der Waals surface area contributed by atoms with Crippen molar-refractivity contribution in [3.05, 3.63) is 47.4 Å². The first kappa shape index (κ1) is 13.2. The Balaban J connectivity index is 1.57. The van der Waals surface area contributed by atoms with Gasteiger partial charge in [0.25, 0.3) is 5.89 Å². The van der Waals surface area contributed by atoms with Crippen LogP contribution in [0.5, 0.6) is 0 Å². The summed E-state index contributed by atoms with van der Waals surface area (Å²) in [5.74, 6) is 0.792. The largest absolute Gasteiger partial charge is 0.363 e. The van der Waals surface area contributed by atoms with Gasteiger partial charge in [-0.2, -0.15) is 4.98 Å². The number of nitrogens with zero attached hydrogens (tertiary/aromatic N) is 2. The lowest BCUT2D eigenvalue weighted by molar-refractivity contribution is -0.0841. The van der Waals surface area contributed by atoms with Crippen LogP contribution in [0.4, 0.5) is 4.39 Å². The van der Waals surface area contributed by atoms with E-state index in [0.29, 0.717) is 24.7 Å². The Morgan fingerprint density at radius 3 is 2.75 bits per heavy atom. The molecule has 2 heterocycles. The first-order valence-corrected chi connectivity index (χ1v) is 6.54. The normalized spacial score (nSPS) is 16.9. The molecule has 0 atom stereocenters. The molecule has 0 radical (unpaired) electrons. The summed E-state index contributed by atoms with van der Waals surface area (Å²) in [6.45, 7) is 4.03. The highest BCUT2D eigenvalue weighted by Crippen LogP contribution is 2.17. The van der Waals surface area contributed by atoms with E-state index in [-0.39, 0.29) is 11.4 Å². The minimum atomic E-state index is -0.252. The molecule has 6 heteroatoms. The second-order valence-electron chi connectivity index (χ2n) is 5.25. The molecule has 0 spiro atoms. The van der Waals surface area contributed by atoms with Crippen molar-refractivity contribution in [1.29, 1.82) is 0 Å². The molecule has 106 valence electrons. The minimum Gasteiger partial charge on any atom is -0.363 e. The maximum absolute atomic E-state index is 12.8. The summed E-state index contributed by atoms with van der Waals surface area (Å²) in [6.07, 6.45) is 0.516. The van der Waals surface area contributed by atoms with Gasteiger partial charge in [0.05, 0.1) is 5.60 Å². The summed E-state index contributed by atoms with van der Waals surface area (Å²) in [7, 11) is 0. The predicted octanol–water partition coefficient (Wildman–Crippen LogP) is 1.68. The SMILES string of the molecule is CC1(OCc2nc(Cc3ccc(F)cc3)no2)CNC1. The number of rotatable bonds is 5. The molecule has 1 aromatic carbocycles. The van der Waals surface area contributed by atoms with Gasteiger partial charge in [-0.3, -0.25) is 0 Å². The number of ether oxygens (including phenoxy) is 1. The third kappa shape index (κ3) is 3.02. The average molecular weight is 277 g/mol. The zero-order valence-electron chi connectivity index (χ0n) is 11.2. The van der Waals surface area contributed by atoms with Crippen molar-refractivity contribution >= 4 is 0 Å². The Bertz CT molecular complexity index is 578. The van der Waals surface area contributed by atoms with E-state index in [4.69, 9.17) is 9.26 Å². The molecule has 0 amide bonds. The van der Waals surface area contributed by atoms with Crippen molar-refractivity contribution in [3.63, 3.8) is 0 Å². The topological polar surface area (TPSA) is 60.2 Å². The maximum atomic E-state index is 12.8. The van der Waals surface area contributed by atoms with E-state index in [1.165, 1.54) is 12.1 Å². The lowest BCUT2D eigenvalue weighted by Crippen LogP contribution is -2.58. The number of halogens is 1. The Labute approximate surface area is 116 Å². The molecule has 1 aliphatic rings. The smallest absolute Gasteiger partial charge is 0.252 e. The van der Waals surface area contributed by atoms with E-state index in [1.807, 2.05) is 6.92 Å². The van der Waals surface area contributed by atoms with Crippen LogP contribution in [0.1, 0.15) is 24.2 Å². The van der Waals surface area contributed by atoms with E-state index in [2.05, 4.69) is 15.5 Å². The van der Waals surface area contributed by atoms with Crippen molar-refractivity contribution < 1.29 is 13.7 Å². The molecule has 20 heavy (non-hydrogen) atoms. The van der Waals surface area contributed by atoms with Crippen LogP contribution in [0.3, 0.4) is 0 Å². The Hall–Kier alpha value is -1.79. The van der Waals surface area contributed by atoms with Crippen LogP contribution in [-0.4, -0.2) is 28.8 Å². The number of hydrogen-bond acceptors (Lipinski definition) is 5. The molecular weight excluding hydrogens is 261 g/mol. The number of benzene rings is 1. The molecular formula is C14H16FN3O2. The van der Waals surface area contributed by atoms with Crippen LogP contribution >= 0.6 is 0 Å². The monoisotopic (exact) mass is 277 g/mol. The molecule has 1 fully saturated rings. The Morgan fingerprint density at radius 1 is 1.35 bits per heavy atom. The Morgan fingerprint density at radius 2 is 2.10 bits per heavy atom. The molecule has 2 aromatic rings. The summed E-state index contributed by atoms with van der Waals surface area (Å²) in [6, 6.07) is 6.26. The molecule has 1 aromatic heterocycles. The van der Waals surface area contributed by atoms with Crippen LogP contribution in [-0.2, 0) is 17.8 Å². The van der Waals surface area contributed by atoms with Crippen LogP contribution in [0.2, 0.25) is 0 Å². The first-order chi connectivity index (χ1) is 9.63. The molecule has 0 saturated carbocycles. The highest BCUT2D eigenvalue weighted by molar-refractivity contribution is 5.19. The van der Waals surface area contributed by atoms with E-state index < -0.39 is 0 Å². The summed E-state index contributed by atoms with van der Waals surface area (Å²) in [5.41, 5.74) is 0.806. The van der Waals surface area contributed by atoms with Crippen molar-refractivity contribution in [1.82, 2.24) is 15.5 Å².